The third-order valence-corrected chi connectivity index (χ3v) is 5.52. The molecule has 1 heterocycles. The molecule has 1 unspecified atom stereocenters. The van der Waals surface area contributed by atoms with E-state index >= 15 is 0 Å². The predicted octanol–water partition coefficient (Wildman–Crippen LogP) is 2.58. The van der Waals surface area contributed by atoms with Crippen LogP contribution in [0.15, 0.2) is 17.0 Å². The lowest BCUT2D eigenvalue weighted by Crippen LogP contribution is -2.52. The van der Waals surface area contributed by atoms with Crippen molar-refractivity contribution < 1.29 is 21.6 Å². The Labute approximate surface area is 140 Å². The van der Waals surface area contributed by atoms with Crippen LogP contribution in [0.1, 0.15) is 26.7 Å². The van der Waals surface area contributed by atoms with Gasteiger partial charge in [-0.2, -0.15) is 0 Å². The maximum atomic E-state index is 13.6. The van der Waals surface area contributed by atoms with E-state index in [0.29, 0.717) is 12.1 Å². The molecule has 23 heavy (non-hydrogen) atoms. The van der Waals surface area contributed by atoms with Crippen LogP contribution in [0.25, 0.3) is 0 Å². The lowest BCUT2D eigenvalue weighted by Gasteiger charge is -2.39. The van der Waals surface area contributed by atoms with Gasteiger partial charge in [0.25, 0.3) is 0 Å². The highest BCUT2D eigenvalue weighted by Crippen LogP contribution is 2.30. The molecule has 0 aromatic heterocycles. The van der Waals surface area contributed by atoms with E-state index < -0.39 is 32.4 Å². The molecule has 2 N–H and O–H groups in total. The van der Waals surface area contributed by atoms with Crippen molar-refractivity contribution in [2.24, 2.45) is 5.41 Å². The molecule has 0 bridgehead atoms. The van der Waals surface area contributed by atoms with Crippen LogP contribution in [-0.4, -0.2) is 27.5 Å². The quantitative estimate of drug-likeness (QED) is 0.854. The van der Waals surface area contributed by atoms with Gasteiger partial charge in [-0.3, -0.25) is 0 Å². The van der Waals surface area contributed by atoms with E-state index in [2.05, 4.69) is 10.0 Å². The van der Waals surface area contributed by atoms with E-state index in [1.807, 2.05) is 13.8 Å². The van der Waals surface area contributed by atoms with Gasteiger partial charge in [-0.25, -0.2) is 26.3 Å². The number of sulfonamides is 1. The minimum Gasteiger partial charge on any atom is -0.312 e. The molecule has 1 aliphatic rings. The first-order valence-corrected chi connectivity index (χ1v) is 8.49. The van der Waals surface area contributed by atoms with Gasteiger partial charge in [0.1, 0.15) is 17.5 Å². The first-order chi connectivity index (χ1) is 10.1. The van der Waals surface area contributed by atoms with Crippen LogP contribution in [0.3, 0.4) is 0 Å². The van der Waals surface area contributed by atoms with Gasteiger partial charge in [0.15, 0.2) is 4.90 Å². The highest BCUT2D eigenvalue weighted by atomic mass is 35.5. The molecule has 1 aromatic rings. The lowest BCUT2D eigenvalue weighted by molar-refractivity contribution is 0.181. The SMILES string of the molecule is CC1(C)CCCNC1CNS(=O)(=O)c1c(F)cc(F)cc1F.Cl. The highest BCUT2D eigenvalue weighted by molar-refractivity contribution is 7.89. The molecule has 0 spiro atoms. The van der Waals surface area contributed by atoms with Gasteiger partial charge in [0.05, 0.1) is 0 Å². The van der Waals surface area contributed by atoms with Gasteiger partial charge >= 0.3 is 0 Å². The lowest BCUT2D eigenvalue weighted by atomic mass is 9.78. The number of rotatable bonds is 4. The number of nitrogens with one attached hydrogen (secondary N) is 2. The Morgan fingerprint density at radius 2 is 1.83 bits per heavy atom. The average molecular weight is 373 g/mol. The molecule has 1 fully saturated rings. The van der Waals surface area contributed by atoms with Crippen molar-refractivity contribution >= 4 is 22.4 Å². The van der Waals surface area contributed by atoms with E-state index in [9.17, 15) is 21.6 Å². The smallest absolute Gasteiger partial charge is 0.246 e. The largest absolute Gasteiger partial charge is 0.312 e. The van der Waals surface area contributed by atoms with Crippen LogP contribution in [0.4, 0.5) is 13.2 Å². The van der Waals surface area contributed by atoms with Crippen LogP contribution >= 0.6 is 12.4 Å². The monoisotopic (exact) mass is 372 g/mol. The van der Waals surface area contributed by atoms with Crippen molar-refractivity contribution in [3.8, 4) is 0 Å². The zero-order valence-electron chi connectivity index (χ0n) is 12.8. The van der Waals surface area contributed by atoms with Crippen LogP contribution in [0, 0.1) is 22.9 Å². The minimum absolute atomic E-state index is 0. The summed E-state index contributed by atoms with van der Waals surface area (Å²) in [7, 11) is -4.39. The zero-order valence-corrected chi connectivity index (χ0v) is 14.5. The first kappa shape index (κ1) is 20.2. The molecule has 4 nitrogen and oxygen atoms in total. The van der Waals surface area contributed by atoms with E-state index in [1.165, 1.54) is 0 Å². The van der Waals surface area contributed by atoms with Crippen molar-refractivity contribution in [3.63, 3.8) is 0 Å². The summed E-state index contributed by atoms with van der Waals surface area (Å²) in [6, 6.07) is 0.545. The van der Waals surface area contributed by atoms with Crippen LogP contribution < -0.4 is 10.0 Å². The molecule has 9 heteroatoms. The topological polar surface area (TPSA) is 58.2 Å². The summed E-state index contributed by atoms with van der Waals surface area (Å²) in [5.74, 6) is -4.05. The second-order valence-electron chi connectivity index (χ2n) is 6.15. The van der Waals surface area contributed by atoms with Crippen molar-refractivity contribution in [1.82, 2.24) is 10.0 Å². The van der Waals surface area contributed by atoms with Crippen molar-refractivity contribution in [1.29, 1.82) is 0 Å². The van der Waals surface area contributed by atoms with E-state index in [-0.39, 0.29) is 30.4 Å². The van der Waals surface area contributed by atoms with Gasteiger partial charge in [0.2, 0.25) is 10.0 Å². The van der Waals surface area contributed by atoms with Gasteiger partial charge in [-0.05, 0) is 24.8 Å². The summed E-state index contributed by atoms with van der Waals surface area (Å²) >= 11 is 0. The fourth-order valence-corrected chi connectivity index (χ4v) is 3.83. The molecule has 132 valence electrons. The maximum Gasteiger partial charge on any atom is 0.246 e. The summed E-state index contributed by atoms with van der Waals surface area (Å²) in [5, 5.41) is 3.20. The Bertz CT molecular complexity index is 645. The first-order valence-electron chi connectivity index (χ1n) is 7.01. The number of piperidine rings is 1. The standard InChI is InChI=1S/C14H19F3N2O2S.ClH/c1-14(2)4-3-5-18-12(14)8-19-22(20,21)13-10(16)6-9(15)7-11(13)17;/h6-7,12,18-19H,3-5,8H2,1-2H3;1H. The van der Waals surface area contributed by atoms with Crippen LogP contribution in [0.5, 0.6) is 0 Å². The second kappa shape index (κ2) is 7.38. The third kappa shape index (κ3) is 4.59. The Morgan fingerprint density at radius 3 is 2.35 bits per heavy atom. The van der Waals surface area contributed by atoms with Gasteiger partial charge in [-0.1, -0.05) is 13.8 Å². The van der Waals surface area contributed by atoms with E-state index in [4.69, 9.17) is 0 Å². The zero-order chi connectivity index (χ0) is 16.5. The third-order valence-electron chi connectivity index (χ3n) is 4.04. The molecule has 2 rings (SSSR count). The van der Waals surface area contributed by atoms with Crippen molar-refractivity contribution in [2.75, 3.05) is 13.1 Å². The molecular weight excluding hydrogens is 353 g/mol. The molecule has 1 atom stereocenters. The summed E-state index contributed by atoms with van der Waals surface area (Å²) in [6.07, 6.45) is 1.91. The minimum atomic E-state index is -4.39. The normalized spacial score (nSPS) is 20.8. The molecule has 0 amide bonds. The molecule has 0 aliphatic carbocycles. The van der Waals surface area contributed by atoms with Crippen molar-refractivity contribution in [3.05, 3.63) is 29.6 Å². The van der Waals surface area contributed by atoms with Crippen LogP contribution in [0.2, 0.25) is 0 Å². The predicted molar refractivity (Wildman–Crippen MR) is 83.6 cm³/mol. The fourth-order valence-electron chi connectivity index (χ4n) is 2.67. The second-order valence-corrected chi connectivity index (χ2v) is 7.85. The van der Waals surface area contributed by atoms with Gasteiger partial charge in [0, 0.05) is 24.7 Å². The number of benzene rings is 1. The van der Waals surface area contributed by atoms with E-state index in [1.54, 1.807) is 0 Å². The Hall–Kier alpha value is -0.830. The molecule has 1 saturated heterocycles. The summed E-state index contributed by atoms with van der Waals surface area (Å²) < 4.78 is 66.5. The summed E-state index contributed by atoms with van der Waals surface area (Å²) in [6.45, 7) is 4.76. The summed E-state index contributed by atoms with van der Waals surface area (Å²) in [4.78, 5) is -1.15. The maximum absolute atomic E-state index is 13.6. The van der Waals surface area contributed by atoms with Crippen molar-refractivity contribution in [2.45, 2.75) is 37.6 Å². The Balaban J connectivity index is 0.00000264. The van der Waals surface area contributed by atoms with Gasteiger partial charge in [-0.15, -0.1) is 12.4 Å². The average Bonchev–Trinajstić information content (AvgIpc) is 2.35. The number of hydrogen-bond donors (Lipinski definition) is 2. The Kier molecular flexibility index (Phi) is 6.48. The number of hydrogen-bond acceptors (Lipinski definition) is 3. The van der Waals surface area contributed by atoms with Gasteiger partial charge < -0.3 is 5.32 Å². The summed E-state index contributed by atoms with van der Waals surface area (Å²) in [5.41, 5.74) is -0.138. The van der Waals surface area contributed by atoms with Crippen LogP contribution in [-0.2, 0) is 10.0 Å². The molecule has 1 aromatic carbocycles. The van der Waals surface area contributed by atoms with E-state index in [0.717, 1.165) is 19.4 Å². The molecular formula is C14H20ClF3N2O2S. The molecule has 0 radical (unpaired) electrons. The Morgan fingerprint density at radius 1 is 1.26 bits per heavy atom. The molecule has 0 saturated carbocycles. The number of halogens is 4. The fraction of sp³-hybridized carbons (Fsp3) is 0.571. The highest BCUT2D eigenvalue weighted by Gasteiger charge is 2.33. The molecule has 1 aliphatic heterocycles.